The van der Waals surface area contributed by atoms with Crippen LogP contribution in [0, 0.1) is 0 Å². The van der Waals surface area contributed by atoms with Crippen molar-refractivity contribution in [2.75, 3.05) is 11.9 Å². The molecule has 0 amide bonds. The van der Waals surface area contributed by atoms with Crippen LogP contribution in [0.3, 0.4) is 0 Å². The second-order valence-corrected chi connectivity index (χ2v) is 5.40. The molecule has 114 valence electrons. The molecular formula is C14H24ClN3O2. The molecule has 0 saturated heterocycles. The molecule has 0 fully saturated rings. The minimum Gasteiger partial charge on any atom is -0.394 e. The molecule has 20 heavy (non-hydrogen) atoms. The van der Waals surface area contributed by atoms with Crippen molar-refractivity contribution in [3.63, 3.8) is 0 Å². The Kier molecular flexibility index (Phi) is 7.62. The van der Waals surface area contributed by atoms with E-state index < -0.39 is 0 Å². The predicted octanol–water partition coefficient (Wildman–Crippen LogP) is 2.66. The van der Waals surface area contributed by atoms with Crippen molar-refractivity contribution in [1.82, 2.24) is 9.78 Å². The van der Waals surface area contributed by atoms with E-state index in [0.29, 0.717) is 5.69 Å². The molecule has 1 heterocycles. The molecule has 0 radical (unpaired) electrons. The normalized spacial score (nSPS) is 12.4. The third-order valence-corrected chi connectivity index (χ3v) is 3.55. The monoisotopic (exact) mass is 301 g/mol. The minimum absolute atomic E-state index is 0.133. The van der Waals surface area contributed by atoms with Gasteiger partial charge in [-0.1, -0.05) is 44.2 Å². The number of rotatable bonds is 9. The van der Waals surface area contributed by atoms with Gasteiger partial charge in [0, 0.05) is 6.04 Å². The average Bonchev–Trinajstić information content (AvgIpc) is 2.43. The lowest BCUT2D eigenvalue weighted by atomic mass is 10.1. The summed E-state index contributed by atoms with van der Waals surface area (Å²) in [5.41, 5.74) is 0.192. The molecule has 1 rings (SSSR count). The first-order valence-electron chi connectivity index (χ1n) is 7.23. The van der Waals surface area contributed by atoms with Crippen molar-refractivity contribution in [1.29, 1.82) is 0 Å². The molecule has 2 N–H and O–H groups in total. The van der Waals surface area contributed by atoms with Crippen LogP contribution in [0.4, 0.5) is 5.69 Å². The first-order valence-corrected chi connectivity index (χ1v) is 7.61. The molecule has 1 unspecified atom stereocenters. The first kappa shape index (κ1) is 17.0. The van der Waals surface area contributed by atoms with Gasteiger partial charge in [0.15, 0.2) is 0 Å². The Morgan fingerprint density at radius 1 is 1.45 bits per heavy atom. The summed E-state index contributed by atoms with van der Waals surface area (Å²) < 4.78 is 1.17. The van der Waals surface area contributed by atoms with E-state index in [0.717, 1.165) is 12.8 Å². The average molecular weight is 302 g/mol. The van der Waals surface area contributed by atoms with Gasteiger partial charge in [-0.05, 0) is 13.3 Å². The summed E-state index contributed by atoms with van der Waals surface area (Å²) in [5.74, 6) is 0. The highest BCUT2D eigenvalue weighted by molar-refractivity contribution is 6.32. The lowest BCUT2D eigenvalue weighted by Crippen LogP contribution is -2.27. The van der Waals surface area contributed by atoms with E-state index >= 15 is 0 Å². The van der Waals surface area contributed by atoms with Gasteiger partial charge >= 0.3 is 0 Å². The number of nitrogens with one attached hydrogen (secondary N) is 1. The van der Waals surface area contributed by atoms with Gasteiger partial charge in [-0.15, -0.1) is 0 Å². The summed E-state index contributed by atoms with van der Waals surface area (Å²) in [6.45, 7) is 4.28. The van der Waals surface area contributed by atoms with Gasteiger partial charge in [-0.2, -0.15) is 5.10 Å². The minimum atomic E-state index is -0.371. The van der Waals surface area contributed by atoms with Crippen LogP contribution in [0.5, 0.6) is 0 Å². The highest BCUT2D eigenvalue weighted by Gasteiger charge is 2.11. The molecule has 0 spiro atoms. The molecular weight excluding hydrogens is 278 g/mol. The van der Waals surface area contributed by atoms with Crippen LogP contribution in [0.15, 0.2) is 11.0 Å². The molecule has 0 saturated carbocycles. The van der Waals surface area contributed by atoms with Gasteiger partial charge in [0.25, 0.3) is 5.56 Å². The van der Waals surface area contributed by atoms with Gasteiger partial charge in [0.1, 0.15) is 5.02 Å². The fourth-order valence-electron chi connectivity index (χ4n) is 2.03. The summed E-state index contributed by atoms with van der Waals surface area (Å²) >= 11 is 6.04. The van der Waals surface area contributed by atoms with Crippen molar-refractivity contribution in [3.8, 4) is 0 Å². The van der Waals surface area contributed by atoms with E-state index in [1.54, 1.807) is 6.20 Å². The van der Waals surface area contributed by atoms with Crippen molar-refractivity contribution in [2.45, 2.75) is 58.5 Å². The zero-order chi connectivity index (χ0) is 15.0. The van der Waals surface area contributed by atoms with Crippen LogP contribution in [0.25, 0.3) is 0 Å². The molecule has 0 aliphatic carbocycles. The Bertz CT molecular complexity index is 462. The molecule has 1 aromatic rings. The summed E-state index contributed by atoms with van der Waals surface area (Å²) in [6.07, 6.45) is 7.45. The molecule has 0 aliphatic heterocycles. The summed E-state index contributed by atoms with van der Waals surface area (Å²) in [4.78, 5) is 11.9. The van der Waals surface area contributed by atoms with Crippen LogP contribution in [0.2, 0.25) is 5.02 Å². The largest absolute Gasteiger partial charge is 0.394 e. The van der Waals surface area contributed by atoms with Crippen LogP contribution in [-0.2, 0) is 6.54 Å². The summed E-state index contributed by atoms with van der Waals surface area (Å²) in [6, 6.07) is 0.249. The molecule has 0 bridgehead atoms. The van der Waals surface area contributed by atoms with E-state index in [1.807, 2.05) is 0 Å². The van der Waals surface area contributed by atoms with Crippen LogP contribution >= 0.6 is 11.6 Å². The van der Waals surface area contributed by atoms with E-state index in [4.69, 9.17) is 16.7 Å². The Labute approximate surface area is 125 Å². The Morgan fingerprint density at radius 3 is 2.85 bits per heavy atom. The maximum absolute atomic E-state index is 11.9. The lowest BCUT2D eigenvalue weighted by molar-refractivity contribution is 0.266. The number of halogens is 1. The smallest absolute Gasteiger partial charge is 0.287 e. The van der Waals surface area contributed by atoms with Crippen molar-refractivity contribution < 1.29 is 5.11 Å². The topological polar surface area (TPSA) is 67.2 Å². The lowest BCUT2D eigenvalue weighted by Gasteiger charge is -2.16. The van der Waals surface area contributed by atoms with Crippen molar-refractivity contribution in [2.24, 2.45) is 0 Å². The SMILES string of the molecule is CCCCCCC(C)Nc1cnn(CCO)c(=O)c1Cl. The van der Waals surface area contributed by atoms with Crippen LogP contribution in [-0.4, -0.2) is 27.5 Å². The second-order valence-electron chi connectivity index (χ2n) is 5.02. The Hall–Kier alpha value is -1.07. The molecule has 1 atom stereocenters. The fraction of sp³-hybridized carbons (Fsp3) is 0.714. The molecule has 6 heteroatoms. The number of aliphatic hydroxyl groups excluding tert-OH is 1. The first-order chi connectivity index (χ1) is 9.60. The number of anilines is 1. The number of aromatic nitrogens is 2. The highest BCUT2D eigenvalue weighted by atomic mass is 35.5. The highest BCUT2D eigenvalue weighted by Crippen LogP contribution is 2.18. The maximum atomic E-state index is 11.9. The number of nitrogens with zero attached hydrogens (tertiary/aromatic N) is 2. The second kappa shape index (κ2) is 8.97. The van der Waals surface area contributed by atoms with Crippen molar-refractivity contribution >= 4 is 17.3 Å². The third kappa shape index (κ3) is 5.13. The predicted molar refractivity (Wildman–Crippen MR) is 82.4 cm³/mol. The number of hydrogen-bond acceptors (Lipinski definition) is 4. The van der Waals surface area contributed by atoms with Gasteiger partial charge < -0.3 is 10.4 Å². The molecule has 0 aliphatic rings. The number of aliphatic hydroxyl groups is 1. The van der Waals surface area contributed by atoms with Gasteiger partial charge in [0.2, 0.25) is 0 Å². The molecule has 1 aromatic heterocycles. The van der Waals surface area contributed by atoms with E-state index in [2.05, 4.69) is 24.3 Å². The van der Waals surface area contributed by atoms with Crippen LogP contribution in [0.1, 0.15) is 46.0 Å². The third-order valence-electron chi connectivity index (χ3n) is 3.19. The number of hydrogen-bond donors (Lipinski definition) is 2. The zero-order valence-corrected chi connectivity index (χ0v) is 13.0. The van der Waals surface area contributed by atoms with Crippen molar-refractivity contribution in [3.05, 3.63) is 21.6 Å². The van der Waals surface area contributed by atoms with E-state index in [1.165, 1.54) is 23.9 Å². The van der Waals surface area contributed by atoms with E-state index in [-0.39, 0.29) is 29.8 Å². The molecule has 5 nitrogen and oxygen atoms in total. The van der Waals surface area contributed by atoms with Gasteiger partial charge in [0.05, 0.1) is 25.0 Å². The number of unbranched alkanes of at least 4 members (excludes halogenated alkanes) is 3. The summed E-state index contributed by atoms with van der Waals surface area (Å²) in [5, 5.41) is 16.2. The molecule has 0 aromatic carbocycles. The Balaban J connectivity index is 2.59. The van der Waals surface area contributed by atoms with Crippen LogP contribution < -0.4 is 10.9 Å². The standard InChI is InChI=1S/C14H24ClN3O2/c1-3-4-5-6-7-11(2)17-12-10-16-18(8-9-19)14(20)13(12)15/h10-11,17,19H,3-9H2,1-2H3. The van der Waals surface area contributed by atoms with Gasteiger partial charge in [-0.25, -0.2) is 4.68 Å². The maximum Gasteiger partial charge on any atom is 0.287 e. The quantitative estimate of drug-likeness (QED) is 0.688. The fourth-order valence-corrected chi connectivity index (χ4v) is 2.24. The van der Waals surface area contributed by atoms with E-state index in [9.17, 15) is 4.79 Å². The Morgan fingerprint density at radius 2 is 2.20 bits per heavy atom. The van der Waals surface area contributed by atoms with Gasteiger partial charge in [-0.3, -0.25) is 4.79 Å². The summed E-state index contributed by atoms with van der Waals surface area (Å²) in [7, 11) is 0. The zero-order valence-electron chi connectivity index (χ0n) is 12.2.